The lowest BCUT2D eigenvalue weighted by Gasteiger charge is -2.32. The zero-order valence-corrected chi connectivity index (χ0v) is 15.3. The Morgan fingerprint density at radius 1 is 1.00 bits per heavy atom. The van der Waals surface area contributed by atoms with E-state index in [4.69, 9.17) is 5.21 Å². The number of hydrogen-bond acceptors (Lipinski definition) is 5. The van der Waals surface area contributed by atoms with Crippen molar-refractivity contribution in [1.82, 2.24) is 10.5 Å². The molecule has 2 heterocycles. The smallest absolute Gasteiger partial charge is 0.276 e. The Labute approximate surface area is 161 Å². The number of halogens is 1. The number of pyridine rings is 1. The van der Waals surface area contributed by atoms with Crippen molar-refractivity contribution >= 4 is 41.5 Å². The van der Waals surface area contributed by atoms with Gasteiger partial charge in [0.25, 0.3) is 5.91 Å². The molecule has 3 aromatic rings. The van der Waals surface area contributed by atoms with Gasteiger partial charge in [0.1, 0.15) is 0 Å². The third kappa shape index (κ3) is 3.39. The molecule has 0 aliphatic carbocycles. The summed E-state index contributed by atoms with van der Waals surface area (Å²) in [6.07, 6.45) is 1.47. The highest BCUT2D eigenvalue weighted by Crippen LogP contribution is 2.48. The first-order valence-corrected chi connectivity index (χ1v) is 8.61. The Hall–Kier alpha value is -2.54. The Bertz CT molecular complexity index is 889. The van der Waals surface area contributed by atoms with E-state index in [1.165, 1.54) is 16.0 Å². The topological polar surface area (TPSA) is 65.5 Å². The Morgan fingerprint density at radius 2 is 1.62 bits per heavy atom. The molecule has 2 N–H and O–H groups in total. The maximum atomic E-state index is 11.4. The molecule has 0 radical (unpaired) electrons. The van der Waals surface area contributed by atoms with E-state index in [1.807, 2.05) is 24.3 Å². The summed E-state index contributed by atoms with van der Waals surface area (Å²) in [6, 6.07) is 20.0. The van der Waals surface area contributed by atoms with E-state index in [1.54, 1.807) is 29.4 Å². The quantitative estimate of drug-likeness (QED) is 0.516. The van der Waals surface area contributed by atoms with Gasteiger partial charge in [0.15, 0.2) is 0 Å². The van der Waals surface area contributed by atoms with Crippen LogP contribution in [0, 0.1) is 0 Å². The molecule has 1 aliphatic heterocycles. The molecule has 0 fully saturated rings. The molecule has 1 amide bonds. The highest BCUT2D eigenvalue weighted by molar-refractivity contribution is 7.99. The molecule has 132 valence electrons. The van der Waals surface area contributed by atoms with Crippen molar-refractivity contribution in [3.63, 3.8) is 0 Å². The maximum Gasteiger partial charge on any atom is 0.276 e. The number of para-hydroxylation sites is 2. The fourth-order valence-corrected chi connectivity index (χ4v) is 3.93. The van der Waals surface area contributed by atoms with Gasteiger partial charge in [-0.1, -0.05) is 36.0 Å². The van der Waals surface area contributed by atoms with E-state index in [-0.39, 0.29) is 12.4 Å². The average molecular weight is 386 g/mol. The molecule has 4 rings (SSSR count). The van der Waals surface area contributed by atoms with Gasteiger partial charge in [-0.2, -0.15) is 0 Å². The first kappa shape index (κ1) is 18.3. The average Bonchev–Trinajstić information content (AvgIpc) is 2.67. The number of nitrogens with zero attached hydrogens (tertiary/aromatic N) is 2. The SMILES string of the molecule is Cl.O=C(NO)c1ccc(CN2c3ccccc3Sc3ccccc32)nc1. The van der Waals surface area contributed by atoms with Gasteiger partial charge >= 0.3 is 0 Å². The lowest BCUT2D eigenvalue weighted by Crippen LogP contribution is -2.21. The normalized spacial score (nSPS) is 11.8. The molecule has 0 saturated carbocycles. The monoisotopic (exact) mass is 385 g/mol. The molecule has 0 bridgehead atoms. The van der Waals surface area contributed by atoms with E-state index >= 15 is 0 Å². The molecule has 7 heteroatoms. The van der Waals surface area contributed by atoms with Crippen LogP contribution in [0.5, 0.6) is 0 Å². The Kier molecular flexibility index (Phi) is 5.46. The van der Waals surface area contributed by atoms with Gasteiger partial charge in [0, 0.05) is 16.0 Å². The van der Waals surface area contributed by atoms with Crippen molar-refractivity contribution in [2.75, 3.05) is 4.90 Å². The number of amides is 1. The van der Waals surface area contributed by atoms with E-state index in [2.05, 4.69) is 34.1 Å². The molecule has 0 unspecified atom stereocenters. The molecule has 0 atom stereocenters. The van der Waals surface area contributed by atoms with E-state index in [0.717, 1.165) is 17.1 Å². The zero-order chi connectivity index (χ0) is 17.2. The standard InChI is InChI=1S/C19H15N3O2S.ClH/c23-19(21-24)13-9-10-14(20-11-13)12-22-15-5-1-3-7-17(15)25-18-8-4-2-6-16(18)22;/h1-11,24H,12H2,(H,21,23);1H. The van der Waals surface area contributed by atoms with Crippen molar-refractivity contribution in [3.05, 3.63) is 78.1 Å². The second-order valence-corrected chi connectivity index (χ2v) is 6.69. The number of benzene rings is 2. The van der Waals surface area contributed by atoms with Crippen LogP contribution < -0.4 is 10.4 Å². The fraction of sp³-hybridized carbons (Fsp3) is 0.0526. The van der Waals surface area contributed by atoms with Gasteiger partial charge < -0.3 is 4.90 Å². The van der Waals surface area contributed by atoms with Gasteiger partial charge in [-0.05, 0) is 36.4 Å². The van der Waals surface area contributed by atoms with E-state index in [9.17, 15) is 4.79 Å². The van der Waals surface area contributed by atoms with Crippen LogP contribution in [0.2, 0.25) is 0 Å². The van der Waals surface area contributed by atoms with Crippen LogP contribution in [0.1, 0.15) is 16.1 Å². The third-order valence-electron chi connectivity index (χ3n) is 4.04. The largest absolute Gasteiger partial charge is 0.334 e. The minimum absolute atomic E-state index is 0. The van der Waals surface area contributed by atoms with Crippen LogP contribution in [0.15, 0.2) is 76.7 Å². The molecule has 26 heavy (non-hydrogen) atoms. The summed E-state index contributed by atoms with van der Waals surface area (Å²) in [7, 11) is 0. The van der Waals surface area contributed by atoms with Crippen molar-refractivity contribution in [2.45, 2.75) is 16.3 Å². The highest BCUT2D eigenvalue weighted by atomic mass is 35.5. The number of rotatable bonds is 3. The van der Waals surface area contributed by atoms with Crippen molar-refractivity contribution in [1.29, 1.82) is 0 Å². The summed E-state index contributed by atoms with van der Waals surface area (Å²) in [6.45, 7) is 0.593. The molecular formula is C19H16ClN3O2S. The molecule has 0 saturated heterocycles. The Balaban J connectivity index is 0.00000196. The van der Waals surface area contributed by atoms with E-state index < -0.39 is 5.91 Å². The number of nitrogens with one attached hydrogen (secondary N) is 1. The predicted molar refractivity (Wildman–Crippen MR) is 104 cm³/mol. The minimum Gasteiger partial charge on any atom is -0.334 e. The predicted octanol–water partition coefficient (Wildman–Crippen LogP) is 4.43. The number of fused-ring (bicyclic) bond motifs is 2. The van der Waals surface area contributed by atoms with Crippen LogP contribution in [-0.2, 0) is 6.54 Å². The third-order valence-corrected chi connectivity index (χ3v) is 5.17. The summed E-state index contributed by atoms with van der Waals surface area (Å²) < 4.78 is 0. The molecule has 0 spiro atoms. The number of hydroxylamine groups is 1. The first-order valence-electron chi connectivity index (χ1n) is 7.79. The Morgan fingerprint density at radius 3 is 2.15 bits per heavy atom. The molecule has 5 nitrogen and oxygen atoms in total. The fourth-order valence-electron chi connectivity index (χ4n) is 2.83. The summed E-state index contributed by atoms with van der Waals surface area (Å²) in [4.78, 5) is 20.4. The molecule has 2 aromatic carbocycles. The first-order chi connectivity index (χ1) is 12.3. The van der Waals surface area contributed by atoms with E-state index in [0.29, 0.717) is 12.1 Å². The lowest BCUT2D eigenvalue weighted by molar-refractivity contribution is 0.0706. The van der Waals surface area contributed by atoms with Crippen LogP contribution >= 0.6 is 24.2 Å². The molecular weight excluding hydrogens is 370 g/mol. The summed E-state index contributed by atoms with van der Waals surface area (Å²) in [5.41, 5.74) is 5.06. The van der Waals surface area contributed by atoms with Gasteiger partial charge in [-0.25, -0.2) is 5.48 Å². The number of aromatic nitrogens is 1. The minimum atomic E-state index is -0.566. The lowest BCUT2D eigenvalue weighted by atomic mass is 10.2. The number of carbonyl (C=O) groups is 1. The summed E-state index contributed by atoms with van der Waals surface area (Å²) >= 11 is 1.76. The molecule has 1 aliphatic rings. The second kappa shape index (κ2) is 7.78. The zero-order valence-electron chi connectivity index (χ0n) is 13.6. The molecule has 1 aromatic heterocycles. The van der Waals surface area contributed by atoms with Gasteiger partial charge in [-0.15, -0.1) is 12.4 Å². The number of carbonyl (C=O) groups excluding carboxylic acids is 1. The van der Waals surface area contributed by atoms with Gasteiger partial charge in [0.05, 0.1) is 29.2 Å². The maximum absolute atomic E-state index is 11.4. The number of hydrogen-bond donors (Lipinski definition) is 2. The van der Waals surface area contributed by atoms with Crippen LogP contribution in [0.3, 0.4) is 0 Å². The van der Waals surface area contributed by atoms with Gasteiger partial charge in [-0.3, -0.25) is 15.0 Å². The highest BCUT2D eigenvalue weighted by Gasteiger charge is 2.23. The van der Waals surface area contributed by atoms with Crippen molar-refractivity contribution in [2.24, 2.45) is 0 Å². The van der Waals surface area contributed by atoms with Crippen molar-refractivity contribution < 1.29 is 10.0 Å². The van der Waals surface area contributed by atoms with Crippen LogP contribution in [0.4, 0.5) is 11.4 Å². The van der Waals surface area contributed by atoms with Crippen LogP contribution in [-0.4, -0.2) is 16.1 Å². The summed E-state index contributed by atoms with van der Waals surface area (Å²) in [5.74, 6) is -0.566. The van der Waals surface area contributed by atoms with Crippen LogP contribution in [0.25, 0.3) is 0 Å². The summed E-state index contributed by atoms with van der Waals surface area (Å²) in [5, 5.41) is 8.70. The van der Waals surface area contributed by atoms with Gasteiger partial charge in [0.2, 0.25) is 0 Å². The number of anilines is 2. The van der Waals surface area contributed by atoms with Crippen molar-refractivity contribution in [3.8, 4) is 0 Å². The second-order valence-electron chi connectivity index (χ2n) is 5.60.